The zero-order chi connectivity index (χ0) is 12.5. The molecule has 3 rings (SSSR count). The van der Waals surface area contributed by atoms with Crippen molar-refractivity contribution in [3.63, 3.8) is 0 Å². The third-order valence-corrected chi connectivity index (χ3v) is 4.99. The molecule has 0 spiro atoms. The highest BCUT2D eigenvalue weighted by Crippen LogP contribution is 2.45. The lowest BCUT2D eigenvalue weighted by Gasteiger charge is -2.21. The molecule has 92 valence electrons. The van der Waals surface area contributed by atoms with E-state index in [0.29, 0.717) is 5.92 Å². The van der Waals surface area contributed by atoms with Crippen LogP contribution in [0.3, 0.4) is 0 Å². The molecule has 1 aliphatic heterocycles. The first-order chi connectivity index (χ1) is 8.77. The molecular weight excluding hydrogens is 262 g/mol. The monoisotopic (exact) mass is 275 g/mol. The Morgan fingerprint density at radius 1 is 1.11 bits per heavy atom. The van der Waals surface area contributed by atoms with Gasteiger partial charge in [-0.3, -0.25) is 0 Å². The zero-order valence-electron chi connectivity index (χ0n) is 9.84. The predicted octanol–water partition coefficient (Wildman–Crippen LogP) is 4.23. The van der Waals surface area contributed by atoms with Crippen molar-refractivity contribution >= 4 is 23.4 Å². The van der Waals surface area contributed by atoms with Crippen molar-refractivity contribution < 1.29 is 0 Å². The van der Waals surface area contributed by atoms with Gasteiger partial charge in [0, 0.05) is 27.6 Å². The molecular formula is C15H14ClNS. The van der Waals surface area contributed by atoms with Gasteiger partial charge >= 0.3 is 0 Å². The van der Waals surface area contributed by atoms with Gasteiger partial charge in [0.15, 0.2) is 0 Å². The maximum absolute atomic E-state index is 6.42. The molecule has 0 saturated carbocycles. The molecule has 0 aromatic heterocycles. The Balaban J connectivity index is 1.96. The zero-order valence-corrected chi connectivity index (χ0v) is 11.4. The fourth-order valence-corrected chi connectivity index (χ4v) is 4.02. The number of halogens is 1. The van der Waals surface area contributed by atoms with Crippen molar-refractivity contribution in [2.45, 2.75) is 16.9 Å². The van der Waals surface area contributed by atoms with Gasteiger partial charge in [0.1, 0.15) is 0 Å². The van der Waals surface area contributed by atoms with E-state index in [1.165, 1.54) is 10.5 Å². The van der Waals surface area contributed by atoms with Crippen molar-refractivity contribution in [3.8, 4) is 0 Å². The second-order valence-electron chi connectivity index (χ2n) is 4.50. The van der Waals surface area contributed by atoms with Crippen molar-refractivity contribution in [2.24, 2.45) is 5.73 Å². The van der Waals surface area contributed by atoms with Crippen LogP contribution in [0.2, 0.25) is 5.02 Å². The highest BCUT2D eigenvalue weighted by Gasteiger charge is 2.29. The maximum atomic E-state index is 6.42. The van der Waals surface area contributed by atoms with Gasteiger partial charge in [-0.05, 0) is 23.3 Å². The molecule has 2 atom stereocenters. The van der Waals surface area contributed by atoms with E-state index in [0.717, 1.165) is 16.3 Å². The number of hydrogen-bond acceptors (Lipinski definition) is 2. The number of thioether (sulfide) groups is 1. The molecule has 1 heterocycles. The third-order valence-electron chi connectivity index (χ3n) is 3.43. The molecule has 0 aliphatic carbocycles. The van der Waals surface area contributed by atoms with Gasteiger partial charge in [-0.2, -0.15) is 0 Å². The van der Waals surface area contributed by atoms with Crippen LogP contribution in [0.25, 0.3) is 0 Å². The summed E-state index contributed by atoms with van der Waals surface area (Å²) in [5.74, 6) is 1.39. The highest BCUT2D eigenvalue weighted by molar-refractivity contribution is 7.99. The minimum atomic E-state index is -0.0325. The van der Waals surface area contributed by atoms with Gasteiger partial charge in [0.05, 0.1) is 0 Å². The van der Waals surface area contributed by atoms with Gasteiger partial charge in [-0.15, -0.1) is 11.8 Å². The van der Waals surface area contributed by atoms with E-state index >= 15 is 0 Å². The average molecular weight is 276 g/mol. The molecule has 0 saturated heterocycles. The first-order valence-electron chi connectivity index (χ1n) is 5.99. The highest BCUT2D eigenvalue weighted by atomic mass is 35.5. The number of rotatable bonds is 2. The Kier molecular flexibility index (Phi) is 3.33. The van der Waals surface area contributed by atoms with E-state index in [4.69, 9.17) is 17.3 Å². The van der Waals surface area contributed by atoms with Crippen LogP contribution in [0.4, 0.5) is 0 Å². The minimum Gasteiger partial charge on any atom is -0.323 e. The smallest absolute Gasteiger partial charge is 0.0453 e. The van der Waals surface area contributed by atoms with Gasteiger partial charge in [0.2, 0.25) is 0 Å². The maximum Gasteiger partial charge on any atom is 0.0453 e. The number of hydrogen-bond donors (Lipinski definition) is 1. The van der Waals surface area contributed by atoms with Crippen LogP contribution in [-0.2, 0) is 0 Å². The van der Waals surface area contributed by atoms with E-state index in [2.05, 4.69) is 24.3 Å². The van der Waals surface area contributed by atoms with Crippen LogP contribution >= 0.6 is 23.4 Å². The fraction of sp³-hybridized carbons (Fsp3) is 0.200. The quantitative estimate of drug-likeness (QED) is 0.888. The lowest BCUT2D eigenvalue weighted by Crippen LogP contribution is -2.20. The molecule has 2 aromatic carbocycles. The summed E-state index contributed by atoms with van der Waals surface area (Å²) in [6, 6.07) is 16.3. The summed E-state index contributed by atoms with van der Waals surface area (Å²) < 4.78 is 0. The first kappa shape index (κ1) is 12.1. The average Bonchev–Trinajstić information content (AvgIpc) is 2.82. The molecule has 0 radical (unpaired) electrons. The first-order valence-corrected chi connectivity index (χ1v) is 7.35. The molecule has 2 unspecified atom stereocenters. The van der Waals surface area contributed by atoms with Crippen LogP contribution < -0.4 is 5.73 Å². The van der Waals surface area contributed by atoms with Crippen LogP contribution in [0.1, 0.15) is 23.1 Å². The van der Waals surface area contributed by atoms with E-state index in [-0.39, 0.29) is 6.04 Å². The van der Waals surface area contributed by atoms with Crippen molar-refractivity contribution in [2.75, 3.05) is 5.75 Å². The molecule has 1 aliphatic rings. The van der Waals surface area contributed by atoms with Crippen LogP contribution in [0, 0.1) is 0 Å². The van der Waals surface area contributed by atoms with Gasteiger partial charge in [-0.1, -0.05) is 48.0 Å². The molecule has 2 N–H and O–H groups in total. The Labute approximate surface area is 116 Å². The lowest BCUT2D eigenvalue weighted by molar-refractivity contribution is 0.607. The van der Waals surface area contributed by atoms with Crippen molar-refractivity contribution in [3.05, 3.63) is 64.7 Å². The summed E-state index contributed by atoms with van der Waals surface area (Å²) in [6.07, 6.45) is 0. The SMILES string of the molecule is NC(c1ccccc1Cl)C1CSc2ccccc21. The fourth-order valence-electron chi connectivity index (χ4n) is 2.45. The Bertz CT molecular complexity index is 570. The second kappa shape index (κ2) is 4.96. The normalized spacial score (nSPS) is 19.6. The molecule has 2 aromatic rings. The number of fused-ring (bicyclic) bond motifs is 1. The summed E-state index contributed by atoms with van der Waals surface area (Å²) in [5, 5.41) is 0.763. The largest absolute Gasteiger partial charge is 0.323 e. The summed E-state index contributed by atoms with van der Waals surface area (Å²) in [4.78, 5) is 1.35. The van der Waals surface area contributed by atoms with Crippen molar-refractivity contribution in [1.82, 2.24) is 0 Å². The molecule has 0 bridgehead atoms. The second-order valence-corrected chi connectivity index (χ2v) is 5.97. The molecule has 3 heteroatoms. The summed E-state index contributed by atoms with van der Waals surface area (Å²) >= 11 is 8.12. The Morgan fingerprint density at radius 3 is 2.67 bits per heavy atom. The predicted molar refractivity (Wildman–Crippen MR) is 78.3 cm³/mol. The van der Waals surface area contributed by atoms with Crippen LogP contribution in [0.5, 0.6) is 0 Å². The van der Waals surface area contributed by atoms with Crippen LogP contribution in [-0.4, -0.2) is 5.75 Å². The third kappa shape index (κ3) is 2.05. The Morgan fingerprint density at radius 2 is 1.83 bits per heavy atom. The van der Waals surface area contributed by atoms with Gasteiger partial charge < -0.3 is 5.73 Å². The minimum absolute atomic E-state index is 0.0325. The Hall–Kier alpha value is -0.960. The van der Waals surface area contributed by atoms with Gasteiger partial charge in [0.25, 0.3) is 0 Å². The number of benzene rings is 2. The topological polar surface area (TPSA) is 26.0 Å². The summed E-state index contributed by atoms with van der Waals surface area (Å²) in [7, 11) is 0. The van der Waals surface area contributed by atoms with E-state index in [1.54, 1.807) is 0 Å². The standard InChI is InChI=1S/C15H14ClNS/c16-13-7-3-1-6-11(13)15(17)12-9-18-14-8-4-2-5-10(12)14/h1-8,12,15H,9,17H2. The molecule has 0 fully saturated rings. The molecule has 1 nitrogen and oxygen atoms in total. The number of nitrogens with two attached hydrogens (primary N) is 1. The van der Waals surface area contributed by atoms with Crippen molar-refractivity contribution in [1.29, 1.82) is 0 Å². The van der Waals surface area contributed by atoms with E-state index < -0.39 is 0 Å². The summed E-state index contributed by atoms with van der Waals surface area (Å²) in [5.41, 5.74) is 8.82. The van der Waals surface area contributed by atoms with Crippen LogP contribution in [0.15, 0.2) is 53.4 Å². The van der Waals surface area contributed by atoms with Gasteiger partial charge in [-0.25, -0.2) is 0 Å². The molecule has 0 amide bonds. The lowest BCUT2D eigenvalue weighted by atomic mass is 9.89. The molecule has 18 heavy (non-hydrogen) atoms. The summed E-state index contributed by atoms with van der Waals surface area (Å²) in [6.45, 7) is 0. The van der Waals surface area contributed by atoms with E-state index in [9.17, 15) is 0 Å². The van der Waals surface area contributed by atoms with E-state index in [1.807, 2.05) is 36.0 Å².